The Kier molecular flexibility index (Phi) is 5.62. The zero-order valence-corrected chi connectivity index (χ0v) is 20.8. The van der Waals surface area contributed by atoms with Gasteiger partial charge < -0.3 is 0 Å². The molecule has 0 unspecified atom stereocenters. The van der Waals surface area contributed by atoms with Crippen molar-refractivity contribution in [3.05, 3.63) is 120 Å². The predicted molar refractivity (Wildman–Crippen MR) is 148 cm³/mol. The lowest BCUT2D eigenvalue weighted by molar-refractivity contribution is 0.661. The molecule has 0 spiro atoms. The first-order chi connectivity index (χ1) is 16.5. The van der Waals surface area contributed by atoms with E-state index in [0.29, 0.717) is 0 Å². The fraction of sp³-hybridized carbons (Fsp3) is 0.176. The lowest BCUT2D eigenvalue weighted by atomic mass is 9.80. The molecule has 0 fully saturated rings. The van der Waals surface area contributed by atoms with E-state index in [-0.39, 0.29) is 5.41 Å². The SMILES string of the molecule is CC.Cc1ccc(-c2ccc3c(c2)C(C)(C)c2cc(-c4cccc5ccccc45)ccc2-3)cc1. The van der Waals surface area contributed by atoms with Crippen LogP contribution < -0.4 is 0 Å². The van der Waals surface area contributed by atoms with E-state index in [1.165, 1.54) is 60.8 Å². The van der Waals surface area contributed by atoms with Gasteiger partial charge in [0, 0.05) is 5.41 Å². The fourth-order valence-electron chi connectivity index (χ4n) is 5.31. The molecule has 6 rings (SSSR count). The zero-order valence-electron chi connectivity index (χ0n) is 20.8. The van der Waals surface area contributed by atoms with Crippen molar-refractivity contribution in [2.24, 2.45) is 0 Å². The summed E-state index contributed by atoms with van der Waals surface area (Å²) in [5, 5.41) is 2.60. The second kappa shape index (κ2) is 8.61. The van der Waals surface area contributed by atoms with Crippen LogP contribution in [0.15, 0.2) is 103 Å². The molecule has 0 radical (unpaired) electrons. The molecule has 0 heteroatoms. The average molecular weight is 441 g/mol. The van der Waals surface area contributed by atoms with Crippen molar-refractivity contribution in [2.45, 2.75) is 40.0 Å². The molecule has 0 atom stereocenters. The molecule has 168 valence electrons. The third kappa shape index (κ3) is 3.55. The molecule has 0 aliphatic heterocycles. The average Bonchev–Trinajstić information content (AvgIpc) is 3.11. The molecule has 0 heterocycles. The molecule has 5 aromatic rings. The van der Waals surface area contributed by atoms with Gasteiger partial charge in [-0.2, -0.15) is 0 Å². The Labute approximate surface area is 203 Å². The highest BCUT2D eigenvalue weighted by Gasteiger charge is 2.35. The normalized spacial score (nSPS) is 13.1. The molecule has 0 bridgehead atoms. The van der Waals surface area contributed by atoms with Crippen LogP contribution >= 0.6 is 0 Å². The van der Waals surface area contributed by atoms with Gasteiger partial charge in [-0.3, -0.25) is 0 Å². The number of fused-ring (bicyclic) bond motifs is 4. The number of hydrogen-bond donors (Lipinski definition) is 0. The molecule has 0 saturated carbocycles. The van der Waals surface area contributed by atoms with Gasteiger partial charge in [-0.05, 0) is 74.3 Å². The van der Waals surface area contributed by atoms with E-state index in [4.69, 9.17) is 0 Å². The third-order valence-corrected chi connectivity index (χ3v) is 7.16. The van der Waals surface area contributed by atoms with Crippen LogP contribution in [0.25, 0.3) is 44.2 Å². The summed E-state index contributed by atoms with van der Waals surface area (Å²) in [5.74, 6) is 0. The Morgan fingerprint density at radius 3 is 1.76 bits per heavy atom. The van der Waals surface area contributed by atoms with Crippen molar-refractivity contribution in [2.75, 3.05) is 0 Å². The molecule has 0 aromatic heterocycles. The van der Waals surface area contributed by atoms with Gasteiger partial charge in [-0.25, -0.2) is 0 Å². The Morgan fingerprint density at radius 1 is 0.500 bits per heavy atom. The van der Waals surface area contributed by atoms with Crippen molar-refractivity contribution in [3.8, 4) is 33.4 Å². The first-order valence-corrected chi connectivity index (χ1v) is 12.4. The highest BCUT2D eigenvalue weighted by molar-refractivity contribution is 5.97. The van der Waals surface area contributed by atoms with Crippen LogP contribution in [0.4, 0.5) is 0 Å². The van der Waals surface area contributed by atoms with Crippen LogP contribution in [0.2, 0.25) is 0 Å². The molecular weight excluding hydrogens is 408 g/mol. The van der Waals surface area contributed by atoms with E-state index in [1.54, 1.807) is 0 Å². The van der Waals surface area contributed by atoms with Gasteiger partial charge in [0.1, 0.15) is 0 Å². The molecule has 1 aliphatic rings. The van der Waals surface area contributed by atoms with Gasteiger partial charge in [0.15, 0.2) is 0 Å². The molecule has 0 N–H and O–H groups in total. The summed E-state index contributed by atoms with van der Waals surface area (Å²) < 4.78 is 0. The van der Waals surface area contributed by atoms with Crippen molar-refractivity contribution < 1.29 is 0 Å². The summed E-state index contributed by atoms with van der Waals surface area (Å²) in [6.07, 6.45) is 0. The highest BCUT2D eigenvalue weighted by atomic mass is 14.4. The van der Waals surface area contributed by atoms with Gasteiger partial charge in [-0.15, -0.1) is 0 Å². The highest BCUT2D eigenvalue weighted by Crippen LogP contribution is 2.50. The summed E-state index contributed by atoms with van der Waals surface area (Å²) >= 11 is 0. The summed E-state index contributed by atoms with van der Waals surface area (Å²) in [4.78, 5) is 0. The second-order valence-electron chi connectivity index (χ2n) is 9.54. The van der Waals surface area contributed by atoms with E-state index in [9.17, 15) is 0 Å². The minimum atomic E-state index is -0.0357. The Hall–Kier alpha value is -3.64. The minimum Gasteiger partial charge on any atom is -0.0683 e. The van der Waals surface area contributed by atoms with E-state index in [0.717, 1.165) is 0 Å². The molecule has 0 saturated heterocycles. The molecule has 0 amide bonds. The summed E-state index contributed by atoms with van der Waals surface area (Å²) in [6.45, 7) is 10.9. The van der Waals surface area contributed by atoms with E-state index in [1.807, 2.05) is 13.8 Å². The first kappa shape index (κ1) is 22.2. The van der Waals surface area contributed by atoms with Crippen molar-refractivity contribution in [1.82, 2.24) is 0 Å². The summed E-state index contributed by atoms with van der Waals surface area (Å²) in [6, 6.07) is 38.1. The number of rotatable bonds is 2. The number of benzene rings is 5. The van der Waals surface area contributed by atoms with E-state index < -0.39 is 0 Å². The fourth-order valence-corrected chi connectivity index (χ4v) is 5.31. The van der Waals surface area contributed by atoms with Crippen LogP contribution in [-0.2, 0) is 5.41 Å². The maximum atomic E-state index is 2.42. The molecule has 34 heavy (non-hydrogen) atoms. The number of hydrogen-bond acceptors (Lipinski definition) is 0. The van der Waals surface area contributed by atoms with Crippen molar-refractivity contribution in [1.29, 1.82) is 0 Å². The van der Waals surface area contributed by atoms with Crippen molar-refractivity contribution in [3.63, 3.8) is 0 Å². The topological polar surface area (TPSA) is 0 Å². The maximum Gasteiger partial charge on any atom is 0.0159 e. The third-order valence-electron chi connectivity index (χ3n) is 7.16. The lowest BCUT2D eigenvalue weighted by Gasteiger charge is -2.23. The second-order valence-corrected chi connectivity index (χ2v) is 9.54. The standard InChI is InChI=1S/C32H26.C2H6/c1-21-11-13-22(14-12-21)24-15-17-28-29-18-16-25(20-31(29)32(2,3)30(28)19-24)27-10-6-8-23-7-4-5-9-26(23)27;1-2/h4-20H,1-3H3;1-2H3. The molecular formula is C34H32. The minimum absolute atomic E-state index is 0.0357. The summed E-state index contributed by atoms with van der Waals surface area (Å²) in [7, 11) is 0. The van der Waals surface area contributed by atoms with Gasteiger partial charge in [-0.1, -0.05) is 124 Å². The Morgan fingerprint density at radius 2 is 1.06 bits per heavy atom. The van der Waals surface area contributed by atoms with Crippen molar-refractivity contribution >= 4 is 10.8 Å². The quantitative estimate of drug-likeness (QED) is 0.256. The van der Waals surface area contributed by atoms with E-state index in [2.05, 4.69) is 124 Å². The predicted octanol–water partition coefficient (Wildman–Crippen LogP) is 9.81. The zero-order chi connectivity index (χ0) is 23.9. The molecule has 0 nitrogen and oxygen atoms in total. The van der Waals surface area contributed by atoms with Crippen LogP contribution in [0, 0.1) is 6.92 Å². The largest absolute Gasteiger partial charge is 0.0683 e. The molecule has 1 aliphatic carbocycles. The van der Waals surface area contributed by atoms with Crippen LogP contribution in [-0.4, -0.2) is 0 Å². The van der Waals surface area contributed by atoms with Crippen LogP contribution in [0.1, 0.15) is 44.4 Å². The smallest absolute Gasteiger partial charge is 0.0159 e. The van der Waals surface area contributed by atoms with Crippen LogP contribution in [0.3, 0.4) is 0 Å². The Bertz CT molecular complexity index is 1480. The lowest BCUT2D eigenvalue weighted by Crippen LogP contribution is -2.15. The monoisotopic (exact) mass is 440 g/mol. The summed E-state index contributed by atoms with van der Waals surface area (Å²) in [5.41, 5.74) is 12.0. The Balaban J connectivity index is 0.00000117. The molecule has 5 aromatic carbocycles. The van der Waals surface area contributed by atoms with Gasteiger partial charge in [0.25, 0.3) is 0 Å². The van der Waals surface area contributed by atoms with Crippen LogP contribution in [0.5, 0.6) is 0 Å². The van der Waals surface area contributed by atoms with Gasteiger partial charge in [0.05, 0.1) is 0 Å². The van der Waals surface area contributed by atoms with Gasteiger partial charge >= 0.3 is 0 Å². The van der Waals surface area contributed by atoms with Gasteiger partial charge in [0.2, 0.25) is 0 Å². The maximum absolute atomic E-state index is 2.42. The van der Waals surface area contributed by atoms with E-state index >= 15 is 0 Å². The number of aryl methyl sites for hydroxylation is 1. The first-order valence-electron chi connectivity index (χ1n) is 12.4.